The number of nitrogens with zero attached hydrogens (tertiary/aromatic N) is 1. The van der Waals surface area contributed by atoms with Gasteiger partial charge in [0.25, 0.3) is 0 Å². The molecule has 1 heterocycles. The zero-order chi connectivity index (χ0) is 17.9. The lowest BCUT2D eigenvalue weighted by Crippen LogP contribution is -2.42. The quantitative estimate of drug-likeness (QED) is 0.719. The molecular formula is C15H20N2O6S. The van der Waals surface area contributed by atoms with Crippen LogP contribution >= 0.6 is 0 Å². The van der Waals surface area contributed by atoms with Crippen LogP contribution in [0.2, 0.25) is 0 Å². The van der Waals surface area contributed by atoms with Crippen molar-refractivity contribution >= 4 is 21.9 Å². The summed E-state index contributed by atoms with van der Waals surface area (Å²) >= 11 is 0. The van der Waals surface area contributed by atoms with Gasteiger partial charge in [-0.2, -0.15) is 4.31 Å². The van der Waals surface area contributed by atoms with Gasteiger partial charge < -0.3 is 15.2 Å². The number of rotatable bonds is 7. The fourth-order valence-corrected chi connectivity index (χ4v) is 3.16. The minimum absolute atomic E-state index is 0.135. The Morgan fingerprint density at radius 1 is 1.42 bits per heavy atom. The number of likely N-dealkylation sites (N-methyl/N-ethyl adjacent to an activating group) is 1. The van der Waals surface area contributed by atoms with Gasteiger partial charge in [-0.05, 0) is 30.2 Å². The number of ether oxygens (including phenoxy) is 1. The van der Waals surface area contributed by atoms with Gasteiger partial charge in [0.1, 0.15) is 5.75 Å². The van der Waals surface area contributed by atoms with Gasteiger partial charge in [-0.1, -0.05) is 6.07 Å². The first-order valence-corrected chi connectivity index (χ1v) is 9.07. The van der Waals surface area contributed by atoms with Crippen LogP contribution in [0.15, 0.2) is 18.2 Å². The van der Waals surface area contributed by atoms with Gasteiger partial charge in [-0.15, -0.1) is 0 Å². The van der Waals surface area contributed by atoms with Crippen molar-refractivity contribution in [3.8, 4) is 5.75 Å². The largest absolute Gasteiger partial charge is 0.493 e. The lowest BCUT2D eigenvalue weighted by molar-refractivity contribution is -0.142. The summed E-state index contributed by atoms with van der Waals surface area (Å²) in [5.41, 5.74) is 1.31. The summed E-state index contributed by atoms with van der Waals surface area (Å²) in [5, 5.41) is 11.8. The fourth-order valence-electron chi connectivity index (χ4n) is 2.40. The second-order valence-electron chi connectivity index (χ2n) is 5.46. The predicted octanol–water partition coefficient (Wildman–Crippen LogP) is 0.145. The molecular weight excluding hydrogens is 336 g/mol. The van der Waals surface area contributed by atoms with E-state index in [2.05, 4.69) is 5.32 Å². The van der Waals surface area contributed by atoms with Crippen molar-refractivity contribution in [2.45, 2.75) is 19.4 Å². The average Bonchev–Trinajstić information content (AvgIpc) is 2.99. The maximum atomic E-state index is 12.0. The first kappa shape index (κ1) is 18.2. The molecule has 1 aliphatic heterocycles. The molecule has 1 aromatic carbocycles. The van der Waals surface area contributed by atoms with Gasteiger partial charge in [0.2, 0.25) is 15.9 Å². The van der Waals surface area contributed by atoms with E-state index in [9.17, 15) is 23.1 Å². The average molecular weight is 356 g/mol. The maximum Gasteiger partial charge on any atom is 0.330 e. The van der Waals surface area contributed by atoms with E-state index in [0.29, 0.717) is 24.3 Å². The number of carboxylic acid groups (broad SMARTS) is 1. The molecule has 1 amide bonds. The summed E-state index contributed by atoms with van der Waals surface area (Å²) in [6.07, 6.45) is 0.681. The highest BCUT2D eigenvalue weighted by atomic mass is 32.2. The zero-order valence-corrected chi connectivity index (χ0v) is 14.3. The molecule has 2 N–H and O–H groups in total. The van der Waals surface area contributed by atoms with E-state index in [0.717, 1.165) is 9.87 Å². The van der Waals surface area contributed by atoms with E-state index in [4.69, 9.17) is 4.74 Å². The third-order valence-electron chi connectivity index (χ3n) is 3.81. The second kappa shape index (κ2) is 7.18. The molecule has 1 aliphatic rings. The van der Waals surface area contributed by atoms with Crippen LogP contribution in [0.5, 0.6) is 5.75 Å². The molecule has 1 unspecified atom stereocenters. The molecule has 2 rings (SSSR count). The van der Waals surface area contributed by atoms with Gasteiger partial charge in [0.05, 0.1) is 18.9 Å². The number of fused-ring (bicyclic) bond motifs is 1. The van der Waals surface area contributed by atoms with E-state index >= 15 is 0 Å². The highest BCUT2D eigenvalue weighted by Crippen LogP contribution is 2.28. The molecule has 0 saturated heterocycles. The number of carboxylic acids is 1. The van der Waals surface area contributed by atoms with Crippen molar-refractivity contribution in [1.82, 2.24) is 9.62 Å². The number of carbonyl (C=O) groups is 2. The third-order valence-corrected chi connectivity index (χ3v) is 5.61. The summed E-state index contributed by atoms with van der Waals surface area (Å²) in [6, 6.07) is 3.69. The van der Waals surface area contributed by atoms with Crippen molar-refractivity contribution in [2.75, 3.05) is 26.0 Å². The number of amides is 1. The van der Waals surface area contributed by atoms with Crippen molar-refractivity contribution in [3.05, 3.63) is 29.3 Å². The van der Waals surface area contributed by atoms with Crippen LogP contribution in [0.3, 0.4) is 0 Å². The number of nitrogens with one attached hydrogen (secondary N) is 1. The SMILES string of the molecule is CCS(=O)(=O)N(C)CC(=O)NC(C(=O)O)c1ccc2c(c1)CCO2. The molecule has 0 bridgehead atoms. The summed E-state index contributed by atoms with van der Waals surface area (Å²) in [6.45, 7) is 1.58. The standard InChI is InChI=1S/C15H20N2O6S/c1-3-24(21,22)17(2)9-13(18)16-14(15(19)20)11-4-5-12-10(8-11)6-7-23-12/h4-5,8,14H,3,6-7,9H2,1-2H3,(H,16,18)(H,19,20). The van der Waals surface area contributed by atoms with Crippen molar-refractivity contribution < 1.29 is 27.9 Å². The molecule has 0 saturated carbocycles. The first-order chi connectivity index (χ1) is 11.2. The minimum Gasteiger partial charge on any atom is -0.493 e. The Bertz CT molecular complexity index is 746. The van der Waals surface area contributed by atoms with Crippen LogP contribution in [-0.2, 0) is 26.0 Å². The Morgan fingerprint density at radius 2 is 2.12 bits per heavy atom. The molecule has 9 heteroatoms. The molecule has 0 aliphatic carbocycles. The second-order valence-corrected chi connectivity index (χ2v) is 7.83. The molecule has 0 spiro atoms. The Morgan fingerprint density at radius 3 is 2.75 bits per heavy atom. The van der Waals surface area contributed by atoms with E-state index in [1.165, 1.54) is 14.0 Å². The number of sulfonamides is 1. The summed E-state index contributed by atoms with van der Waals surface area (Å²) in [4.78, 5) is 23.5. The molecule has 1 aromatic rings. The lowest BCUT2D eigenvalue weighted by Gasteiger charge is -2.19. The van der Waals surface area contributed by atoms with Gasteiger partial charge in [-0.25, -0.2) is 13.2 Å². The summed E-state index contributed by atoms with van der Waals surface area (Å²) < 4.78 is 29.6. The minimum atomic E-state index is -3.51. The van der Waals surface area contributed by atoms with Crippen molar-refractivity contribution in [3.63, 3.8) is 0 Å². The number of benzene rings is 1. The van der Waals surface area contributed by atoms with Crippen LogP contribution in [0.4, 0.5) is 0 Å². The normalized spacial score (nSPS) is 14.8. The van der Waals surface area contributed by atoms with Gasteiger partial charge in [-0.3, -0.25) is 4.79 Å². The molecule has 132 valence electrons. The van der Waals surface area contributed by atoms with Crippen molar-refractivity contribution in [1.29, 1.82) is 0 Å². The van der Waals surface area contributed by atoms with E-state index in [-0.39, 0.29) is 5.75 Å². The molecule has 0 fully saturated rings. The molecule has 8 nitrogen and oxygen atoms in total. The van der Waals surface area contributed by atoms with Crippen LogP contribution in [0, 0.1) is 0 Å². The van der Waals surface area contributed by atoms with Crippen molar-refractivity contribution in [2.24, 2.45) is 0 Å². The third kappa shape index (κ3) is 4.04. The Kier molecular flexibility index (Phi) is 5.45. The topological polar surface area (TPSA) is 113 Å². The summed E-state index contributed by atoms with van der Waals surface area (Å²) in [7, 11) is -2.23. The fraction of sp³-hybridized carbons (Fsp3) is 0.467. The highest BCUT2D eigenvalue weighted by Gasteiger charge is 2.26. The van der Waals surface area contributed by atoms with Crippen LogP contribution < -0.4 is 10.1 Å². The Balaban J connectivity index is 2.12. The first-order valence-electron chi connectivity index (χ1n) is 7.46. The molecule has 1 atom stereocenters. The number of hydrogen-bond donors (Lipinski definition) is 2. The Labute approximate surface area is 140 Å². The number of hydrogen-bond acceptors (Lipinski definition) is 5. The van der Waals surface area contributed by atoms with Crippen LogP contribution in [-0.4, -0.2) is 55.7 Å². The van der Waals surface area contributed by atoms with Crippen LogP contribution in [0.25, 0.3) is 0 Å². The Hall–Kier alpha value is -2.13. The van der Waals surface area contributed by atoms with E-state index in [1.54, 1.807) is 18.2 Å². The molecule has 0 aromatic heterocycles. The van der Waals surface area contributed by atoms with Gasteiger partial charge in [0, 0.05) is 13.5 Å². The van der Waals surface area contributed by atoms with Gasteiger partial charge >= 0.3 is 5.97 Å². The molecule has 24 heavy (non-hydrogen) atoms. The van der Waals surface area contributed by atoms with Crippen LogP contribution in [0.1, 0.15) is 24.1 Å². The monoisotopic (exact) mass is 356 g/mol. The van der Waals surface area contributed by atoms with E-state index in [1.807, 2.05) is 0 Å². The number of carbonyl (C=O) groups excluding carboxylic acids is 1. The molecule has 0 radical (unpaired) electrons. The van der Waals surface area contributed by atoms with Gasteiger partial charge in [0.15, 0.2) is 6.04 Å². The predicted molar refractivity (Wildman–Crippen MR) is 86.3 cm³/mol. The maximum absolute atomic E-state index is 12.0. The number of aliphatic carboxylic acids is 1. The van der Waals surface area contributed by atoms with E-state index < -0.39 is 34.5 Å². The smallest absolute Gasteiger partial charge is 0.330 e. The lowest BCUT2D eigenvalue weighted by atomic mass is 10.0. The summed E-state index contributed by atoms with van der Waals surface area (Å²) in [5.74, 6) is -1.32. The zero-order valence-electron chi connectivity index (χ0n) is 13.5. The highest BCUT2D eigenvalue weighted by molar-refractivity contribution is 7.89.